The van der Waals surface area contributed by atoms with E-state index in [1.54, 1.807) is 0 Å². The Labute approximate surface area is 131 Å². The van der Waals surface area contributed by atoms with Gasteiger partial charge in [0, 0.05) is 25.6 Å². The minimum absolute atomic E-state index is 0.0175. The van der Waals surface area contributed by atoms with E-state index in [4.69, 9.17) is 5.11 Å². The summed E-state index contributed by atoms with van der Waals surface area (Å²) in [7, 11) is 0. The summed E-state index contributed by atoms with van der Waals surface area (Å²) in [5.74, 6) is -1.21. The molecule has 3 N–H and O–H groups in total. The Morgan fingerprint density at radius 1 is 1.23 bits per heavy atom. The highest BCUT2D eigenvalue weighted by atomic mass is 16.4. The van der Waals surface area contributed by atoms with Crippen LogP contribution in [-0.2, 0) is 14.4 Å². The van der Waals surface area contributed by atoms with Gasteiger partial charge in [-0.05, 0) is 32.7 Å². The molecule has 7 nitrogen and oxygen atoms in total. The number of carbonyl (C=O) groups is 3. The highest BCUT2D eigenvalue weighted by Gasteiger charge is 2.32. The molecule has 0 radical (unpaired) electrons. The topological polar surface area (TPSA) is 98.7 Å². The third kappa shape index (κ3) is 6.01. The van der Waals surface area contributed by atoms with Gasteiger partial charge >= 0.3 is 5.97 Å². The van der Waals surface area contributed by atoms with E-state index in [0.29, 0.717) is 6.04 Å². The van der Waals surface area contributed by atoms with Crippen LogP contribution in [0.1, 0.15) is 46.0 Å². The first-order valence-corrected chi connectivity index (χ1v) is 7.97. The third-order valence-corrected chi connectivity index (χ3v) is 4.07. The summed E-state index contributed by atoms with van der Waals surface area (Å²) in [4.78, 5) is 36.2. The zero-order valence-electron chi connectivity index (χ0n) is 13.4. The zero-order chi connectivity index (χ0) is 16.5. The SMILES string of the molecule is CCC(C)N1CCC[C@H]1C(=O)NCCC(=O)NCCC(=O)O. The van der Waals surface area contributed by atoms with Crippen molar-refractivity contribution >= 4 is 17.8 Å². The summed E-state index contributed by atoms with van der Waals surface area (Å²) in [6.07, 6.45) is 2.97. The molecule has 1 rings (SSSR count). The first kappa shape index (κ1) is 18.4. The smallest absolute Gasteiger partial charge is 0.305 e. The van der Waals surface area contributed by atoms with Gasteiger partial charge in [-0.25, -0.2) is 0 Å². The lowest BCUT2D eigenvalue weighted by molar-refractivity contribution is -0.137. The van der Waals surface area contributed by atoms with Crippen molar-refractivity contribution in [3.63, 3.8) is 0 Å². The van der Waals surface area contributed by atoms with Crippen LogP contribution in [-0.4, -0.2) is 59.5 Å². The van der Waals surface area contributed by atoms with Gasteiger partial charge in [0.05, 0.1) is 12.5 Å². The first-order chi connectivity index (χ1) is 10.5. The van der Waals surface area contributed by atoms with Crippen LogP contribution in [0.15, 0.2) is 0 Å². The second-order valence-electron chi connectivity index (χ2n) is 5.69. The van der Waals surface area contributed by atoms with Gasteiger partial charge in [0.1, 0.15) is 0 Å². The third-order valence-electron chi connectivity index (χ3n) is 4.07. The van der Waals surface area contributed by atoms with Crippen molar-refractivity contribution in [3.8, 4) is 0 Å². The number of rotatable bonds is 9. The van der Waals surface area contributed by atoms with Crippen molar-refractivity contribution in [1.82, 2.24) is 15.5 Å². The number of aliphatic carboxylic acids is 1. The fourth-order valence-electron chi connectivity index (χ4n) is 2.65. The Kier molecular flexibility index (Phi) is 7.87. The molecule has 0 aromatic rings. The largest absolute Gasteiger partial charge is 0.481 e. The molecule has 0 spiro atoms. The molecule has 0 aromatic heterocycles. The maximum Gasteiger partial charge on any atom is 0.305 e. The van der Waals surface area contributed by atoms with Crippen LogP contribution in [0.25, 0.3) is 0 Å². The van der Waals surface area contributed by atoms with Crippen LogP contribution >= 0.6 is 0 Å². The van der Waals surface area contributed by atoms with Crippen LogP contribution < -0.4 is 10.6 Å². The van der Waals surface area contributed by atoms with Crippen molar-refractivity contribution in [2.24, 2.45) is 0 Å². The van der Waals surface area contributed by atoms with Gasteiger partial charge in [-0.2, -0.15) is 0 Å². The highest BCUT2D eigenvalue weighted by Crippen LogP contribution is 2.21. The maximum atomic E-state index is 12.2. The quantitative estimate of drug-likeness (QED) is 0.570. The molecule has 1 unspecified atom stereocenters. The summed E-state index contributed by atoms with van der Waals surface area (Å²) in [6.45, 7) is 5.58. The Morgan fingerprint density at radius 2 is 1.91 bits per heavy atom. The number of carbonyl (C=O) groups excluding carboxylic acids is 2. The number of amides is 2. The Morgan fingerprint density at radius 3 is 2.55 bits per heavy atom. The predicted octanol–water partition coefficient (Wildman–Crippen LogP) is 0.347. The van der Waals surface area contributed by atoms with E-state index < -0.39 is 5.97 Å². The van der Waals surface area contributed by atoms with Gasteiger partial charge in [0.25, 0.3) is 0 Å². The molecule has 0 bridgehead atoms. The Bertz CT molecular complexity index is 400. The monoisotopic (exact) mass is 313 g/mol. The molecule has 22 heavy (non-hydrogen) atoms. The van der Waals surface area contributed by atoms with Gasteiger partial charge in [-0.15, -0.1) is 0 Å². The van der Waals surface area contributed by atoms with E-state index in [9.17, 15) is 14.4 Å². The summed E-state index contributed by atoms with van der Waals surface area (Å²) in [5.41, 5.74) is 0. The van der Waals surface area contributed by atoms with Gasteiger partial charge < -0.3 is 15.7 Å². The minimum atomic E-state index is -0.944. The summed E-state index contributed by atoms with van der Waals surface area (Å²) >= 11 is 0. The van der Waals surface area contributed by atoms with Gasteiger partial charge in [0.2, 0.25) is 11.8 Å². The van der Waals surface area contributed by atoms with E-state index in [0.717, 1.165) is 25.8 Å². The molecule has 2 atom stereocenters. The van der Waals surface area contributed by atoms with Crippen LogP contribution in [0, 0.1) is 0 Å². The predicted molar refractivity (Wildman–Crippen MR) is 82.4 cm³/mol. The van der Waals surface area contributed by atoms with Crippen LogP contribution in [0.3, 0.4) is 0 Å². The average Bonchev–Trinajstić information content (AvgIpc) is 2.95. The molecule has 7 heteroatoms. The Balaban J connectivity index is 2.25. The molecule has 1 heterocycles. The lowest BCUT2D eigenvalue weighted by Crippen LogP contribution is -2.47. The number of carboxylic acids is 1. The molecule has 0 aromatic carbocycles. The second-order valence-corrected chi connectivity index (χ2v) is 5.69. The van der Waals surface area contributed by atoms with E-state index in [2.05, 4.69) is 29.4 Å². The van der Waals surface area contributed by atoms with Gasteiger partial charge in [-0.1, -0.05) is 6.92 Å². The summed E-state index contributed by atoms with van der Waals surface area (Å²) < 4.78 is 0. The lowest BCUT2D eigenvalue weighted by atomic mass is 10.1. The molecule has 0 aliphatic carbocycles. The number of carboxylic acid groups (broad SMARTS) is 1. The minimum Gasteiger partial charge on any atom is -0.481 e. The molecule has 1 aliphatic heterocycles. The number of hydrogen-bond acceptors (Lipinski definition) is 4. The number of likely N-dealkylation sites (tertiary alicyclic amines) is 1. The van der Waals surface area contributed by atoms with Gasteiger partial charge in [-0.3, -0.25) is 19.3 Å². The number of nitrogens with one attached hydrogen (secondary N) is 2. The zero-order valence-corrected chi connectivity index (χ0v) is 13.4. The summed E-state index contributed by atoms with van der Waals surface area (Å²) in [5, 5.41) is 13.8. The average molecular weight is 313 g/mol. The van der Waals surface area contributed by atoms with Crippen molar-refractivity contribution < 1.29 is 19.5 Å². The number of nitrogens with zero attached hydrogens (tertiary/aromatic N) is 1. The molecule has 126 valence electrons. The van der Waals surface area contributed by atoms with Crippen molar-refractivity contribution in [2.75, 3.05) is 19.6 Å². The molecule has 0 saturated carbocycles. The molecule has 1 fully saturated rings. The maximum absolute atomic E-state index is 12.2. The molecule has 1 aliphatic rings. The van der Waals surface area contributed by atoms with E-state index >= 15 is 0 Å². The van der Waals surface area contributed by atoms with Crippen molar-refractivity contribution in [1.29, 1.82) is 0 Å². The van der Waals surface area contributed by atoms with Crippen LogP contribution in [0.4, 0.5) is 0 Å². The lowest BCUT2D eigenvalue weighted by Gasteiger charge is -2.29. The summed E-state index contributed by atoms with van der Waals surface area (Å²) in [6, 6.07) is 0.294. The van der Waals surface area contributed by atoms with Crippen molar-refractivity contribution in [3.05, 3.63) is 0 Å². The van der Waals surface area contributed by atoms with E-state index in [1.807, 2.05) is 0 Å². The molecular formula is C15H27N3O4. The second kappa shape index (κ2) is 9.40. The fraction of sp³-hybridized carbons (Fsp3) is 0.800. The van der Waals surface area contributed by atoms with Crippen LogP contribution in [0.5, 0.6) is 0 Å². The molecule has 2 amide bonds. The standard InChI is InChI=1S/C15H27N3O4/c1-3-11(2)18-10-4-5-12(18)15(22)17-8-6-13(19)16-9-7-14(20)21/h11-12H,3-10H2,1-2H3,(H,16,19)(H,17,22)(H,20,21)/t11?,12-/m0/s1. The molecule has 1 saturated heterocycles. The fourth-order valence-corrected chi connectivity index (χ4v) is 2.65. The molecular weight excluding hydrogens is 286 g/mol. The van der Waals surface area contributed by atoms with Crippen LogP contribution in [0.2, 0.25) is 0 Å². The number of hydrogen-bond donors (Lipinski definition) is 3. The van der Waals surface area contributed by atoms with E-state index in [1.165, 1.54) is 0 Å². The highest BCUT2D eigenvalue weighted by molar-refractivity contribution is 5.83. The van der Waals surface area contributed by atoms with Gasteiger partial charge in [0.15, 0.2) is 0 Å². The first-order valence-electron chi connectivity index (χ1n) is 7.97. The Hall–Kier alpha value is -1.63. The van der Waals surface area contributed by atoms with E-state index in [-0.39, 0.29) is 43.8 Å². The normalized spacial score (nSPS) is 19.6. The van der Waals surface area contributed by atoms with Crippen molar-refractivity contribution in [2.45, 2.75) is 58.0 Å².